The van der Waals surface area contributed by atoms with Crippen molar-refractivity contribution in [3.63, 3.8) is 0 Å². The number of para-hydroxylation sites is 1. The molecule has 1 aliphatic carbocycles. The maximum Gasteiger partial charge on any atom is 0.329 e. The van der Waals surface area contributed by atoms with Crippen molar-refractivity contribution >= 4 is 11.9 Å². The van der Waals surface area contributed by atoms with Crippen molar-refractivity contribution in [2.75, 3.05) is 0 Å². The fraction of sp³-hybridized carbons (Fsp3) is 0.421. The lowest BCUT2D eigenvalue weighted by Crippen LogP contribution is -2.55. The summed E-state index contributed by atoms with van der Waals surface area (Å²) in [6.07, 6.45) is 5.09. The monoisotopic (exact) mass is 341 g/mol. The maximum absolute atomic E-state index is 12.7. The molecule has 6 heteroatoms. The van der Waals surface area contributed by atoms with Gasteiger partial charge < -0.3 is 10.4 Å². The second kappa shape index (κ2) is 6.70. The van der Waals surface area contributed by atoms with Gasteiger partial charge in [-0.05, 0) is 38.3 Å². The van der Waals surface area contributed by atoms with Crippen LogP contribution in [0.25, 0.3) is 5.69 Å². The molecular formula is C19H23N3O3. The molecule has 0 atom stereocenters. The Morgan fingerprint density at radius 2 is 1.84 bits per heavy atom. The molecule has 3 rings (SSSR count). The Morgan fingerprint density at radius 3 is 2.48 bits per heavy atom. The van der Waals surface area contributed by atoms with Crippen LogP contribution in [0, 0.1) is 13.8 Å². The summed E-state index contributed by atoms with van der Waals surface area (Å²) in [7, 11) is 0. The van der Waals surface area contributed by atoms with Crippen LogP contribution in [0.5, 0.6) is 0 Å². The van der Waals surface area contributed by atoms with E-state index in [1.165, 1.54) is 6.20 Å². The van der Waals surface area contributed by atoms with Gasteiger partial charge in [0.05, 0.1) is 23.1 Å². The summed E-state index contributed by atoms with van der Waals surface area (Å²) in [5, 5.41) is 16.8. The number of carbonyl (C=O) groups is 2. The largest absolute Gasteiger partial charge is 0.480 e. The van der Waals surface area contributed by atoms with Crippen LogP contribution in [0.2, 0.25) is 0 Å². The number of hydrogen-bond donors (Lipinski definition) is 2. The first kappa shape index (κ1) is 17.2. The van der Waals surface area contributed by atoms with Gasteiger partial charge >= 0.3 is 5.97 Å². The number of nitrogens with one attached hydrogen (secondary N) is 1. The normalized spacial score (nSPS) is 16.4. The topological polar surface area (TPSA) is 84.2 Å². The molecule has 1 aromatic heterocycles. The first-order valence-electron chi connectivity index (χ1n) is 8.61. The van der Waals surface area contributed by atoms with Crippen LogP contribution in [-0.2, 0) is 4.79 Å². The van der Waals surface area contributed by atoms with Crippen LogP contribution in [0.3, 0.4) is 0 Å². The number of amides is 1. The quantitative estimate of drug-likeness (QED) is 0.895. The van der Waals surface area contributed by atoms with Crippen molar-refractivity contribution in [1.82, 2.24) is 15.1 Å². The second-order valence-corrected chi connectivity index (χ2v) is 6.74. The molecule has 25 heavy (non-hydrogen) atoms. The summed E-state index contributed by atoms with van der Waals surface area (Å²) in [5.41, 5.74) is 1.91. The van der Waals surface area contributed by atoms with Crippen molar-refractivity contribution in [3.8, 4) is 5.69 Å². The average Bonchev–Trinajstić information content (AvgIpc) is 2.97. The minimum absolute atomic E-state index is 0.373. The van der Waals surface area contributed by atoms with E-state index in [1.54, 1.807) is 4.68 Å². The van der Waals surface area contributed by atoms with E-state index in [-0.39, 0.29) is 5.91 Å². The summed E-state index contributed by atoms with van der Waals surface area (Å²) >= 11 is 0. The Balaban J connectivity index is 1.89. The molecule has 1 fully saturated rings. The number of hydrogen-bond acceptors (Lipinski definition) is 3. The number of carboxylic acids is 1. The summed E-state index contributed by atoms with van der Waals surface area (Å²) in [5.74, 6) is -1.33. The molecule has 1 heterocycles. The molecule has 0 radical (unpaired) electrons. The summed E-state index contributed by atoms with van der Waals surface area (Å²) in [4.78, 5) is 24.5. The molecule has 1 amide bonds. The predicted molar refractivity (Wildman–Crippen MR) is 94.0 cm³/mol. The van der Waals surface area contributed by atoms with E-state index in [4.69, 9.17) is 0 Å². The van der Waals surface area contributed by atoms with Crippen LogP contribution in [0.15, 0.2) is 30.5 Å². The minimum Gasteiger partial charge on any atom is -0.480 e. The van der Waals surface area contributed by atoms with Crippen molar-refractivity contribution in [1.29, 1.82) is 0 Å². The van der Waals surface area contributed by atoms with Gasteiger partial charge in [-0.15, -0.1) is 0 Å². The molecule has 0 spiro atoms. The molecule has 1 saturated carbocycles. The molecule has 0 aliphatic heterocycles. The van der Waals surface area contributed by atoms with Gasteiger partial charge in [0.2, 0.25) is 0 Å². The van der Waals surface area contributed by atoms with Gasteiger partial charge in [0.15, 0.2) is 0 Å². The molecule has 6 nitrogen and oxygen atoms in total. The summed E-state index contributed by atoms with van der Waals surface area (Å²) in [6, 6.07) is 7.80. The van der Waals surface area contributed by atoms with Crippen LogP contribution in [0.1, 0.15) is 53.7 Å². The molecule has 2 aromatic rings. The molecule has 1 aliphatic rings. The lowest BCUT2D eigenvalue weighted by molar-refractivity contribution is -0.145. The third kappa shape index (κ3) is 3.16. The van der Waals surface area contributed by atoms with Gasteiger partial charge in [-0.25, -0.2) is 9.48 Å². The third-order valence-corrected chi connectivity index (χ3v) is 5.07. The van der Waals surface area contributed by atoms with Crippen LogP contribution in [0.4, 0.5) is 0 Å². The Morgan fingerprint density at radius 1 is 1.16 bits per heavy atom. The zero-order valence-corrected chi connectivity index (χ0v) is 14.6. The Bertz CT molecular complexity index is 804. The average molecular weight is 341 g/mol. The first-order chi connectivity index (χ1) is 11.9. The standard InChI is InChI=1S/C19H23N3O3/c1-13-8-4-5-9-16(13)22-14(2)15(12-20-22)17(23)21-19(18(24)25)10-6-3-7-11-19/h4-5,8-9,12H,3,6-7,10-11H2,1-2H3,(H,21,23)(H,24,25). The summed E-state index contributed by atoms with van der Waals surface area (Å²) < 4.78 is 1.72. The lowest BCUT2D eigenvalue weighted by atomic mass is 9.81. The summed E-state index contributed by atoms with van der Waals surface area (Å²) in [6.45, 7) is 3.81. The number of aliphatic carboxylic acids is 1. The number of benzene rings is 1. The number of aromatic nitrogens is 2. The van der Waals surface area contributed by atoms with Gasteiger partial charge in [-0.1, -0.05) is 37.5 Å². The van der Waals surface area contributed by atoms with E-state index in [9.17, 15) is 14.7 Å². The van der Waals surface area contributed by atoms with E-state index in [0.717, 1.165) is 30.5 Å². The van der Waals surface area contributed by atoms with E-state index in [2.05, 4.69) is 10.4 Å². The highest BCUT2D eigenvalue weighted by atomic mass is 16.4. The van der Waals surface area contributed by atoms with Gasteiger partial charge in [0, 0.05) is 0 Å². The smallest absolute Gasteiger partial charge is 0.329 e. The minimum atomic E-state index is -1.16. The molecule has 0 bridgehead atoms. The first-order valence-corrected chi connectivity index (χ1v) is 8.61. The molecule has 2 N–H and O–H groups in total. The van der Waals surface area contributed by atoms with Gasteiger partial charge in [-0.3, -0.25) is 4.79 Å². The van der Waals surface area contributed by atoms with Crippen LogP contribution in [-0.4, -0.2) is 32.3 Å². The zero-order chi connectivity index (χ0) is 18.0. The number of nitrogens with zero attached hydrogens (tertiary/aromatic N) is 2. The number of aryl methyl sites for hydroxylation is 1. The highest BCUT2D eigenvalue weighted by molar-refractivity contribution is 5.98. The molecule has 1 aromatic carbocycles. The molecule has 0 saturated heterocycles. The predicted octanol–water partition coefficient (Wildman–Crippen LogP) is 3.01. The second-order valence-electron chi connectivity index (χ2n) is 6.74. The number of rotatable bonds is 4. The third-order valence-electron chi connectivity index (χ3n) is 5.07. The van der Waals surface area contributed by atoms with Gasteiger partial charge in [0.25, 0.3) is 5.91 Å². The fourth-order valence-corrected chi connectivity index (χ4v) is 3.51. The number of carbonyl (C=O) groups excluding carboxylic acids is 1. The molecule has 0 unspecified atom stereocenters. The Labute approximate surface area is 146 Å². The van der Waals surface area contributed by atoms with E-state index in [1.807, 2.05) is 38.1 Å². The van der Waals surface area contributed by atoms with E-state index >= 15 is 0 Å². The van der Waals surface area contributed by atoms with Gasteiger partial charge in [-0.2, -0.15) is 5.10 Å². The molecule has 132 valence electrons. The van der Waals surface area contributed by atoms with Gasteiger partial charge in [0.1, 0.15) is 5.54 Å². The highest BCUT2D eigenvalue weighted by Gasteiger charge is 2.41. The Hall–Kier alpha value is -2.63. The fourth-order valence-electron chi connectivity index (χ4n) is 3.51. The van der Waals surface area contributed by atoms with Crippen molar-refractivity contribution in [2.24, 2.45) is 0 Å². The van der Waals surface area contributed by atoms with Crippen molar-refractivity contribution < 1.29 is 14.7 Å². The number of carboxylic acid groups (broad SMARTS) is 1. The van der Waals surface area contributed by atoms with Crippen molar-refractivity contribution in [2.45, 2.75) is 51.5 Å². The Kier molecular flexibility index (Phi) is 4.61. The van der Waals surface area contributed by atoms with Crippen LogP contribution >= 0.6 is 0 Å². The highest BCUT2D eigenvalue weighted by Crippen LogP contribution is 2.29. The SMILES string of the molecule is Cc1ccccc1-n1ncc(C(=O)NC2(C(=O)O)CCCCC2)c1C. The van der Waals surface area contributed by atoms with E-state index < -0.39 is 11.5 Å². The molecular weight excluding hydrogens is 318 g/mol. The lowest BCUT2D eigenvalue weighted by Gasteiger charge is -2.33. The van der Waals surface area contributed by atoms with Crippen molar-refractivity contribution in [3.05, 3.63) is 47.3 Å². The zero-order valence-electron chi connectivity index (χ0n) is 14.6. The maximum atomic E-state index is 12.7. The van der Waals surface area contributed by atoms with E-state index in [0.29, 0.717) is 24.1 Å². The van der Waals surface area contributed by atoms with Crippen LogP contribution < -0.4 is 5.32 Å².